The molecule has 3 heterocycles. The lowest BCUT2D eigenvalue weighted by Gasteiger charge is -2.12. The maximum Gasteiger partial charge on any atom is 0.294 e. The number of carbonyl (C=O) groups is 1. The van der Waals surface area contributed by atoms with Crippen molar-refractivity contribution in [3.8, 4) is 16.5 Å². The molecule has 23 heavy (non-hydrogen) atoms. The van der Waals surface area contributed by atoms with Gasteiger partial charge in [0, 0.05) is 5.56 Å². The van der Waals surface area contributed by atoms with E-state index in [-0.39, 0.29) is 17.6 Å². The molecule has 0 bridgehead atoms. The molecule has 0 aliphatic rings. The molecule has 0 saturated carbocycles. The Kier molecular flexibility index (Phi) is 3.98. The van der Waals surface area contributed by atoms with Crippen molar-refractivity contribution >= 4 is 17.2 Å². The van der Waals surface area contributed by atoms with Crippen LogP contribution in [-0.4, -0.2) is 21.0 Å². The maximum atomic E-state index is 12.3. The van der Waals surface area contributed by atoms with Crippen LogP contribution in [0.15, 0.2) is 45.3 Å². The topological polar surface area (TPSA) is 108 Å². The van der Waals surface area contributed by atoms with Crippen LogP contribution in [-0.2, 0) is 0 Å². The molecule has 0 saturated heterocycles. The molecule has 118 valence electrons. The largest absolute Gasteiger partial charge is 0.501 e. The highest BCUT2D eigenvalue weighted by atomic mass is 32.1. The van der Waals surface area contributed by atoms with Crippen LogP contribution in [0.4, 0.5) is 0 Å². The molecular formula is C15H13N3O4S. The van der Waals surface area contributed by atoms with Crippen LogP contribution >= 0.6 is 11.3 Å². The number of nitrogens with one attached hydrogen (secondary N) is 2. The van der Waals surface area contributed by atoms with E-state index in [9.17, 15) is 14.7 Å². The zero-order valence-corrected chi connectivity index (χ0v) is 12.9. The van der Waals surface area contributed by atoms with Crippen LogP contribution in [0.3, 0.4) is 0 Å². The molecule has 0 fully saturated rings. The average molecular weight is 331 g/mol. The Labute approximate surface area is 134 Å². The minimum absolute atomic E-state index is 0.240. The zero-order valence-electron chi connectivity index (χ0n) is 12.1. The SMILES string of the molecule is CC(NC(=O)c1nc(-c2cccs2)[nH]c(=O)c1O)c1ccoc1. The molecule has 0 spiro atoms. The summed E-state index contributed by atoms with van der Waals surface area (Å²) in [4.78, 5) is 31.4. The number of aromatic hydroxyl groups is 1. The minimum Gasteiger partial charge on any atom is -0.501 e. The fourth-order valence-electron chi connectivity index (χ4n) is 2.03. The Morgan fingerprint density at radius 2 is 2.30 bits per heavy atom. The molecule has 8 heteroatoms. The van der Waals surface area contributed by atoms with Crippen molar-refractivity contribution in [2.24, 2.45) is 0 Å². The summed E-state index contributed by atoms with van der Waals surface area (Å²) in [6.45, 7) is 1.76. The van der Waals surface area contributed by atoms with Gasteiger partial charge in [-0.05, 0) is 24.4 Å². The van der Waals surface area contributed by atoms with E-state index in [2.05, 4.69) is 15.3 Å². The van der Waals surface area contributed by atoms with Crippen molar-refractivity contribution < 1.29 is 14.3 Å². The lowest BCUT2D eigenvalue weighted by Crippen LogP contribution is -2.29. The fraction of sp³-hybridized carbons (Fsp3) is 0.133. The van der Waals surface area contributed by atoms with Gasteiger partial charge in [-0.2, -0.15) is 0 Å². The second-order valence-corrected chi connectivity index (χ2v) is 5.79. The zero-order chi connectivity index (χ0) is 16.4. The molecule has 3 aromatic rings. The summed E-state index contributed by atoms with van der Waals surface area (Å²) in [6, 6.07) is 4.92. The fourth-order valence-corrected chi connectivity index (χ4v) is 2.69. The molecule has 7 nitrogen and oxygen atoms in total. The second-order valence-electron chi connectivity index (χ2n) is 4.84. The first-order valence-electron chi connectivity index (χ1n) is 6.76. The van der Waals surface area contributed by atoms with E-state index >= 15 is 0 Å². The van der Waals surface area contributed by atoms with Crippen molar-refractivity contribution in [2.45, 2.75) is 13.0 Å². The van der Waals surface area contributed by atoms with Gasteiger partial charge in [-0.3, -0.25) is 9.59 Å². The summed E-state index contributed by atoms with van der Waals surface area (Å²) in [5.74, 6) is -1.11. The number of rotatable bonds is 4. The van der Waals surface area contributed by atoms with Gasteiger partial charge in [0.25, 0.3) is 11.5 Å². The maximum absolute atomic E-state index is 12.3. The number of amides is 1. The number of hydrogen-bond donors (Lipinski definition) is 3. The molecule has 1 atom stereocenters. The lowest BCUT2D eigenvalue weighted by molar-refractivity contribution is 0.0931. The molecular weight excluding hydrogens is 318 g/mol. The molecule has 3 aromatic heterocycles. The van der Waals surface area contributed by atoms with Gasteiger partial charge >= 0.3 is 0 Å². The van der Waals surface area contributed by atoms with Gasteiger partial charge in [-0.15, -0.1) is 11.3 Å². The third kappa shape index (κ3) is 3.02. The van der Waals surface area contributed by atoms with E-state index in [1.807, 2.05) is 5.38 Å². The van der Waals surface area contributed by atoms with E-state index in [4.69, 9.17) is 4.42 Å². The molecule has 0 aromatic carbocycles. The number of carbonyl (C=O) groups excluding carboxylic acids is 1. The number of nitrogens with zero attached hydrogens (tertiary/aromatic N) is 1. The van der Waals surface area contributed by atoms with Gasteiger partial charge in [0.05, 0.1) is 23.4 Å². The first kappa shape index (κ1) is 15.0. The summed E-state index contributed by atoms with van der Waals surface area (Å²) in [5, 5.41) is 14.3. The standard InChI is InChI=1S/C15H13N3O4S/c1-8(9-4-5-22-7-9)16-14(20)11-12(19)15(21)18-13(17-11)10-3-2-6-23-10/h2-8,19H,1H3,(H,16,20)(H,17,18,21). The summed E-state index contributed by atoms with van der Waals surface area (Å²) in [5.41, 5.74) is -0.307. The third-order valence-electron chi connectivity index (χ3n) is 3.26. The van der Waals surface area contributed by atoms with Gasteiger partial charge < -0.3 is 19.8 Å². The van der Waals surface area contributed by atoms with Crippen LogP contribution in [0.2, 0.25) is 0 Å². The monoisotopic (exact) mass is 331 g/mol. The summed E-state index contributed by atoms with van der Waals surface area (Å²) in [7, 11) is 0. The highest BCUT2D eigenvalue weighted by molar-refractivity contribution is 7.13. The number of aromatic nitrogens is 2. The predicted octanol–water partition coefficient (Wildman–Crippen LogP) is 2.29. The molecule has 0 aliphatic heterocycles. The van der Waals surface area contributed by atoms with E-state index in [0.717, 1.165) is 5.56 Å². The van der Waals surface area contributed by atoms with Gasteiger partial charge in [0.2, 0.25) is 5.75 Å². The van der Waals surface area contributed by atoms with Crippen LogP contribution < -0.4 is 10.9 Å². The smallest absolute Gasteiger partial charge is 0.294 e. The average Bonchev–Trinajstić information content (AvgIpc) is 3.22. The minimum atomic E-state index is -0.760. The van der Waals surface area contributed by atoms with Crippen molar-refractivity contribution in [3.63, 3.8) is 0 Å². The van der Waals surface area contributed by atoms with E-state index in [1.165, 1.54) is 23.9 Å². The number of aromatic amines is 1. The second kappa shape index (κ2) is 6.09. The molecule has 0 aliphatic carbocycles. The van der Waals surface area contributed by atoms with Crippen LogP contribution in [0, 0.1) is 0 Å². The Hall–Kier alpha value is -2.87. The van der Waals surface area contributed by atoms with Crippen molar-refractivity contribution in [1.82, 2.24) is 15.3 Å². The predicted molar refractivity (Wildman–Crippen MR) is 84.4 cm³/mol. The van der Waals surface area contributed by atoms with E-state index in [0.29, 0.717) is 4.88 Å². The van der Waals surface area contributed by atoms with Gasteiger partial charge in [0.1, 0.15) is 0 Å². The number of thiophene rings is 1. The molecule has 1 amide bonds. The van der Waals surface area contributed by atoms with Gasteiger partial charge in [0.15, 0.2) is 11.5 Å². The summed E-state index contributed by atoms with van der Waals surface area (Å²) in [6.07, 6.45) is 3.00. The van der Waals surface area contributed by atoms with Crippen molar-refractivity contribution in [2.75, 3.05) is 0 Å². The number of H-pyrrole nitrogens is 1. The molecule has 1 unspecified atom stereocenters. The Bertz CT molecular complexity index is 869. The van der Waals surface area contributed by atoms with Crippen molar-refractivity contribution in [1.29, 1.82) is 0 Å². The normalized spacial score (nSPS) is 12.0. The Morgan fingerprint density at radius 3 is 2.96 bits per heavy atom. The third-order valence-corrected chi connectivity index (χ3v) is 4.13. The Morgan fingerprint density at radius 1 is 1.48 bits per heavy atom. The van der Waals surface area contributed by atoms with Gasteiger partial charge in [-0.1, -0.05) is 6.07 Å². The number of hydrogen-bond acceptors (Lipinski definition) is 6. The molecule has 3 rings (SSSR count). The summed E-state index contributed by atoms with van der Waals surface area (Å²) < 4.78 is 4.96. The molecule has 0 radical (unpaired) electrons. The lowest BCUT2D eigenvalue weighted by atomic mass is 10.2. The van der Waals surface area contributed by atoms with Crippen LogP contribution in [0.5, 0.6) is 5.75 Å². The van der Waals surface area contributed by atoms with E-state index < -0.39 is 17.2 Å². The van der Waals surface area contributed by atoms with Gasteiger partial charge in [-0.25, -0.2) is 4.98 Å². The van der Waals surface area contributed by atoms with Crippen molar-refractivity contribution in [3.05, 3.63) is 57.7 Å². The van der Waals surface area contributed by atoms with E-state index in [1.54, 1.807) is 25.1 Å². The molecule has 3 N–H and O–H groups in total. The quantitative estimate of drug-likeness (QED) is 0.680. The highest BCUT2D eigenvalue weighted by Crippen LogP contribution is 2.22. The number of furan rings is 1. The first-order valence-corrected chi connectivity index (χ1v) is 7.64. The van der Waals surface area contributed by atoms with Crippen LogP contribution in [0.25, 0.3) is 10.7 Å². The first-order chi connectivity index (χ1) is 11.1. The Balaban J connectivity index is 1.92. The highest BCUT2D eigenvalue weighted by Gasteiger charge is 2.21. The summed E-state index contributed by atoms with van der Waals surface area (Å²) >= 11 is 1.36. The van der Waals surface area contributed by atoms with Crippen LogP contribution in [0.1, 0.15) is 29.0 Å².